The Balaban J connectivity index is 2.80. The number of aryl methyl sites for hydroxylation is 1. The summed E-state index contributed by atoms with van der Waals surface area (Å²) in [6.45, 7) is 7.71. The van der Waals surface area contributed by atoms with E-state index in [4.69, 9.17) is 4.74 Å². The van der Waals surface area contributed by atoms with Crippen LogP contribution in [0.2, 0.25) is 0 Å². The van der Waals surface area contributed by atoms with Gasteiger partial charge in [-0.2, -0.15) is 0 Å². The Morgan fingerprint density at radius 3 is 2.47 bits per heavy atom. The van der Waals surface area contributed by atoms with Gasteiger partial charge in [0, 0.05) is 0 Å². The first kappa shape index (κ1) is 11.8. The lowest BCUT2D eigenvalue weighted by Gasteiger charge is -2.20. The molecule has 0 unspecified atom stereocenters. The molecular formula is C13H18O2. The van der Waals surface area contributed by atoms with Crippen LogP contribution in [0.5, 0.6) is 5.75 Å². The van der Waals surface area contributed by atoms with E-state index in [1.54, 1.807) is 0 Å². The fourth-order valence-corrected chi connectivity index (χ4v) is 1.05. The first-order valence-corrected chi connectivity index (χ1v) is 5.25. The van der Waals surface area contributed by atoms with Crippen LogP contribution in [0.25, 0.3) is 0 Å². The number of rotatable bonds is 3. The van der Waals surface area contributed by atoms with Crippen molar-refractivity contribution >= 4 is 5.97 Å². The lowest BCUT2D eigenvalue weighted by atomic mass is 9.91. The summed E-state index contributed by atoms with van der Waals surface area (Å²) < 4.78 is 5.36. The molecule has 1 aromatic carbocycles. The van der Waals surface area contributed by atoms with Gasteiger partial charge in [0.15, 0.2) is 0 Å². The van der Waals surface area contributed by atoms with Crippen LogP contribution in [0, 0.1) is 12.3 Å². The average Bonchev–Trinajstić information content (AvgIpc) is 2.21. The molecule has 0 radical (unpaired) electrons. The van der Waals surface area contributed by atoms with E-state index in [0.717, 1.165) is 12.0 Å². The Labute approximate surface area is 91.3 Å². The van der Waals surface area contributed by atoms with Crippen molar-refractivity contribution in [2.45, 2.75) is 34.1 Å². The molecule has 0 amide bonds. The highest BCUT2D eigenvalue weighted by molar-refractivity contribution is 5.78. The van der Waals surface area contributed by atoms with Crippen LogP contribution in [-0.2, 0) is 4.79 Å². The average molecular weight is 206 g/mol. The molecule has 82 valence electrons. The molecule has 0 aliphatic rings. The Hall–Kier alpha value is -1.31. The lowest BCUT2D eigenvalue weighted by molar-refractivity contribution is -0.144. The predicted octanol–water partition coefficient (Wildman–Crippen LogP) is 3.34. The number of hydrogen-bond donors (Lipinski definition) is 0. The number of carbonyl (C=O) groups is 1. The molecule has 1 aromatic rings. The second-order valence-electron chi connectivity index (χ2n) is 4.39. The van der Waals surface area contributed by atoms with Crippen molar-refractivity contribution in [1.29, 1.82) is 0 Å². The summed E-state index contributed by atoms with van der Waals surface area (Å²) in [5.74, 6) is 0.489. The van der Waals surface area contributed by atoms with Gasteiger partial charge >= 0.3 is 5.97 Å². The molecular weight excluding hydrogens is 188 g/mol. The molecule has 0 bridgehead atoms. The maximum Gasteiger partial charge on any atom is 0.316 e. The summed E-state index contributed by atoms with van der Waals surface area (Å²) in [6, 6.07) is 7.55. The first-order valence-electron chi connectivity index (χ1n) is 5.25. The van der Waals surface area contributed by atoms with Gasteiger partial charge in [-0.15, -0.1) is 0 Å². The summed E-state index contributed by atoms with van der Waals surface area (Å²) >= 11 is 0. The monoisotopic (exact) mass is 206 g/mol. The minimum atomic E-state index is -0.414. The Morgan fingerprint density at radius 2 is 1.93 bits per heavy atom. The molecule has 0 saturated carbocycles. The number of para-hydroxylation sites is 1. The van der Waals surface area contributed by atoms with E-state index in [2.05, 4.69) is 0 Å². The largest absolute Gasteiger partial charge is 0.426 e. The number of hydrogen-bond acceptors (Lipinski definition) is 2. The zero-order valence-corrected chi connectivity index (χ0v) is 9.83. The summed E-state index contributed by atoms with van der Waals surface area (Å²) in [7, 11) is 0. The van der Waals surface area contributed by atoms with Crippen LogP contribution in [0.1, 0.15) is 32.8 Å². The van der Waals surface area contributed by atoms with Gasteiger partial charge in [0.25, 0.3) is 0 Å². The number of benzene rings is 1. The van der Waals surface area contributed by atoms with Gasteiger partial charge in [-0.05, 0) is 38.8 Å². The van der Waals surface area contributed by atoms with Gasteiger partial charge in [-0.1, -0.05) is 25.1 Å². The second-order valence-corrected chi connectivity index (χ2v) is 4.39. The molecule has 1 rings (SSSR count). The molecule has 15 heavy (non-hydrogen) atoms. The normalized spacial score (nSPS) is 11.2. The van der Waals surface area contributed by atoms with Crippen LogP contribution < -0.4 is 4.74 Å². The molecule has 0 heterocycles. The van der Waals surface area contributed by atoms with Crippen LogP contribution in [0.3, 0.4) is 0 Å². The minimum absolute atomic E-state index is 0.167. The fourth-order valence-electron chi connectivity index (χ4n) is 1.05. The highest BCUT2D eigenvalue weighted by atomic mass is 16.5. The highest BCUT2D eigenvalue weighted by Crippen LogP contribution is 2.25. The Kier molecular flexibility index (Phi) is 3.51. The molecule has 0 N–H and O–H groups in total. The fraction of sp³-hybridized carbons (Fsp3) is 0.462. The van der Waals surface area contributed by atoms with Gasteiger partial charge in [0.1, 0.15) is 5.75 Å². The molecule has 0 spiro atoms. The number of carbonyl (C=O) groups excluding carboxylic acids is 1. The third kappa shape index (κ3) is 2.82. The molecule has 2 heteroatoms. The minimum Gasteiger partial charge on any atom is -0.426 e. The van der Waals surface area contributed by atoms with Crippen LogP contribution >= 0.6 is 0 Å². The van der Waals surface area contributed by atoms with Crippen molar-refractivity contribution < 1.29 is 9.53 Å². The highest BCUT2D eigenvalue weighted by Gasteiger charge is 2.27. The van der Waals surface area contributed by atoms with Gasteiger partial charge < -0.3 is 4.74 Å². The zero-order valence-electron chi connectivity index (χ0n) is 9.83. The van der Waals surface area contributed by atoms with Crippen LogP contribution in [-0.4, -0.2) is 5.97 Å². The van der Waals surface area contributed by atoms with E-state index in [0.29, 0.717) is 5.75 Å². The van der Waals surface area contributed by atoms with Crippen molar-refractivity contribution in [3.8, 4) is 5.75 Å². The third-order valence-corrected chi connectivity index (χ3v) is 2.73. The Morgan fingerprint density at radius 1 is 1.33 bits per heavy atom. The van der Waals surface area contributed by atoms with Crippen molar-refractivity contribution in [2.75, 3.05) is 0 Å². The summed E-state index contributed by atoms with van der Waals surface area (Å²) in [4.78, 5) is 11.8. The quantitative estimate of drug-likeness (QED) is 0.560. The molecule has 0 aliphatic carbocycles. The SMILES string of the molecule is CCC(C)(C)C(=O)Oc1ccccc1C. The smallest absolute Gasteiger partial charge is 0.316 e. The second kappa shape index (κ2) is 4.47. The molecule has 0 aromatic heterocycles. The zero-order chi connectivity index (χ0) is 11.5. The summed E-state index contributed by atoms with van der Waals surface area (Å²) in [6.07, 6.45) is 0.776. The van der Waals surface area contributed by atoms with Gasteiger partial charge in [-0.3, -0.25) is 4.79 Å². The van der Waals surface area contributed by atoms with E-state index in [1.807, 2.05) is 52.0 Å². The first-order chi connectivity index (χ1) is 6.97. The van der Waals surface area contributed by atoms with E-state index in [1.165, 1.54) is 0 Å². The summed E-state index contributed by atoms with van der Waals surface area (Å²) in [5, 5.41) is 0. The number of esters is 1. The van der Waals surface area contributed by atoms with Crippen LogP contribution in [0.4, 0.5) is 0 Å². The maximum atomic E-state index is 11.8. The van der Waals surface area contributed by atoms with E-state index < -0.39 is 5.41 Å². The van der Waals surface area contributed by atoms with Crippen molar-refractivity contribution in [3.63, 3.8) is 0 Å². The van der Waals surface area contributed by atoms with Gasteiger partial charge in [-0.25, -0.2) is 0 Å². The van der Waals surface area contributed by atoms with Gasteiger partial charge in [0.2, 0.25) is 0 Å². The van der Waals surface area contributed by atoms with E-state index >= 15 is 0 Å². The maximum absolute atomic E-state index is 11.8. The lowest BCUT2D eigenvalue weighted by Crippen LogP contribution is -2.28. The third-order valence-electron chi connectivity index (χ3n) is 2.73. The standard InChI is InChI=1S/C13H18O2/c1-5-13(3,4)12(14)15-11-9-7-6-8-10(11)2/h6-9H,5H2,1-4H3. The van der Waals surface area contributed by atoms with E-state index in [9.17, 15) is 4.79 Å². The van der Waals surface area contributed by atoms with E-state index in [-0.39, 0.29) is 5.97 Å². The Bertz CT molecular complexity index is 353. The van der Waals surface area contributed by atoms with Crippen molar-refractivity contribution in [3.05, 3.63) is 29.8 Å². The summed E-state index contributed by atoms with van der Waals surface area (Å²) in [5.41, 5.74) is 0.570. The predicted molar refractivity (Wildman–Crippen MR) is 60.9 cm³/mol. The molecule has 0 fully saturated rings. The van der Waals surface area contributed by atoms with Crippen LogP contribution in [0.15, 0.2) is 24.3 Å². The van der Waals surface area contributed by atoms with Crippen molar-refractivity contribution in [1.82, 2.24) is 0 Å². The topological polar surface area (TPSA) is 26.3 Å². The molecule has 2 nitrogen and oxygen atoms in total. The molecule has 0 saturated heterocycles. The van der Waals surface area contributed by atoms with Crippen molar-refractivity contribution in [2.24, 2.45) is 5.41 Å². The number of ether oxygens (including phenoxy) is 1. The molecule has 0 aliphatic heterocycles. The molecule has 0 atom stereocenters. The van der Waals surface area contributed by atoms with Gasteiger partial charge in [0.05, 0.1) is 5.41 Å².